The lowest BCUT2D eigenvalue weighted by Gasteiger charge is -2.56. The molecule has 0 saturated heterocycles. The summed E-state index contributed by atoms with van der Waals surface area (Å²) in [6.45, 7) is 7.29. The number of methoxy groups -OCH3 is 1. The van der Waals surface area contributed by atoms with Crippen LogP contribution in [0.1, 0.15) is 58.4 Å². The van der Waals surface area contributed by atoms with E-state index in [1.807, 2.05) is 26.1 Å². The van der Waals surface area contributed by atoms with Gasteiger partial charge in [-0.05, 0) is 60.5 Å². The van der Waals surface area contributed by atoms with E-state index < -0.39 is 6.10 Å². The van der Waals surface area contributed by atoms with Crippen LogP contribution in [0, 0.1) is 29.1 Å². The Bertz CT molecular complexity index is 804. The average molecular weight is 460 g/mol. The molecule has 3 rings (SSSR count). The molecule has 2 amide bonds. The molecule has 2 N–H and O–H groups in total. The molecule has 0 radical (unpaired) electrons. The topological polar surface area (TPSA) is 91.8 Å². The first-order valence-electron chi connectivity index (χ1n) is 12.3. The third-order valence-corrected chi connectivity index (χ3v) is 8.32. The Balaban J connectivity index is 1.68. The van der Waals surface area contributed by atoms with Crippen LogP contribution in [0.5, 0.6) is 0 Å². The largest absolute Gasteiger partial charge is 0.392 e. The fourth-order valence-corrected chi connectivity index (χ4v) is 6.35. The third kappa shape index (κ3) is 5.75. The molecule has 0 spiro atoms. The van der Waals surface area contributed by atoms with Gasteiger partial charge < -0.3 is 20.1 Å². The fourth-order valence-electron chi connectivity index (χ4n) is 6.35. The molecule has 1 unspecified atom stereocenters. The molecule has 2 fully saturated rings. The van der Waals surface area contributed by atoms with Gasteiger partial charge in [-0.3, -0.25) is 14.6 Å². The van der Waals surface area contributed by atoms with Crippen LogP contribution in [0.2, 0.25) is 0 Å². The lowest BCUT2D eigenvalue weighted by Crippen LogP contribution is -2.58. The summed E-state index contributed by atoms with van der Waals surface area (Å²) in [5, 5.41) is 14.7. The number of hydrogen-bond donors (Lipinski definition) is 2. The van der Waals surface area contributed by atoms with Crippen LogP contribution >= 0.6 is 0 Å². The second-order valence-electron chi connectivity index (χ2n) is 10.5. The number of hydrogen-bond acceptors (Lipinski definition) is 5. The van der Waals surface area contributed by atoms with Crippen LogP contribution in [0.3, 0.4) is 0 Å². The van der Waals surface area contributed by atoms with Gasteiger partial charge in [0.1, 0.15) is 0 Å². The molecule has 7 nitrogen and oxygen atoms in total. The van der Waals surface area contributed by atoms with E-state index in [-0.39, 0.29) is 46.9 Å². The first-order chi connectivity index (χ1) is 15.7. The molecule has 184 valence electrons. The molecule has 7 heteroatoms. The molecule has 33 heavy (non-hydrogen) atoms. The molecular weight excluding hydrogens is 418 g/mol. The van der Waals surface area contributed by atoms with Crippen molar-refractivity contribution in [2.75, 3.05) is 20.8 Å². The third-order valence-electron chi connectivity index (χ3n) is 8.32. The van der Waals surface area contributed by atoms with Gasteiger partial charge in [-0.25, -0.2) is 0 Å². The molecule has 1 heterocycles. The highest BCUT2D eigenvalue weighted by molar-refractivity contribution is 5.78. The maximum atomic E-state index is 13.2. The number of nitrogens with zero attached hydrogens (tertiary/aromatic N) is 2. The average Bonchev–Trinajstić information content (AvgIpc) is 2.79. The number of ether oxygens (including phenoxy) is 1. The first-order valence-corrected chi connectivity index (χ1v) is 12.3. The van der Waals surface area contributed by atoms with Crippen LogP contribution in [0.25, 0.3) is 0 Å². The number of nitrogens with one attached hydrogen (secondary N) is 1. The maximum absolute atomic E-state index is 13.2. The summed E-state index contributed by atoms with van der Waals surface area (Å²) >= 11 is 0. The van der Waals surface area contributed by atoms with E-state index in [1.54, 1.807) is 24.4 Å². The standard InChI is InChI=1S/C26H41N3O4/c1-17(25(32)29(4)16-19-7-6-13-27-15-19)20-8-11-26(3)12-9-21(18(2)23(26)24(20)31)28-22(30)10-14-33-5/h6-7,13,15,17-18,20-21,23-24,31H,8-12,14,16H2,1-5H3,(H,28,30)/t17-,18+,20?,21-,23+,24-,26-/m0/s1. The van der Waals surface area contributed by atoms with E-state index >= 15 is 0 Å². The van der Waals surface area contributed by atoms with Crippen molar-refractivity contribution < 1.29 is 19.4 Å². The van der Waals surface area contributed by atoms with Gasteiger partial charge in [-0.1, -0.05) is 26.8 Å². The summed E-state index contributed by atoms with van der Waals surface area (Å²) in [5.74, 6) is -0.105. The summed E-state index contributed by atoms with van der Waals surface area (Å²) in [6.07, 6.45) is 7.03. The Morgan fingerprint density at radius 3 is 2.76 bits per heavy atom. The molecular formula is C26H41N3O4. The Labute approximate surface area is 198 Å². The van der Waals surface area contributed by atoms with Gasteiger partial charge in [0.25, 0.3) is 0 Å². The van der Waals surface area contributed by atoms with Crippen LogP contribution < -0.4 is 5.32 Å². The minimum Gasteiger partial charge on any atom is -0.392 e. The van der Waals surface area contributed by atoms with Crippen molar-refractivity contribution >= 4 is 11.8 Å². The molecule has 2 saturated carbocycles. The van der Waals surface area contributed by atoms with Gasteiger partial charge in [-0.15, -0.1) is 0 Å². The molecule has 0 aliphatic heterocycles. The maximum Gasteiger partial charge on any atom is 0.225 e. The number of aliphatic hydroxyl groups is 1. The Morgan fingerprint density at radius 1 is 1.36 bits per heavy atom. The number of carbonyl (C=O) groups excluding carboxylic acids is 2. The predicted molar refractivity (Wildman–Crippen MR) is 127 cm³/mol. The number of fused-ring (bicyclic) bond motifs is 1. The van der Waals surface area contributed by atoms with Crippen molar-refractivity contribution in [1.82, 2.24) is 15.2 Å². The van der Waals surface area contributed by atoms with E-state index in [0.717, 1.165) is 31.2 Å². The van der Waals surface area contributed by atoms with E-state index in [4.69, 9.17) is 4.74 Å². The number of aromatic nitrogens is 1. The normalized spacial score (nSPS) is 32.5. The molecule has 2 aliphatic carbocycles. The fraction of sp³-hybridized carbons (Fsp3) is 0.731. The van der Waals surface area contributed by atoms with Crippen LogP contribution in [0.15, 0.2) is 24.5 Å². The zero-order chi connectivity index (χ0) is 24.2. The summed E-state index contributed by atoms with van der Waals surface area (Å²) < 4.78 is 5.03. The molecule has 0 aromatic carbocycles. The SMILES string of the molecule is COCCC(=O)N[C@H]1CC[C@]2(C)CCC([C@H](C)C(=O)N(C)Cc3cccnc3)[C@H](O)[C@H]2[C@@H]1C. The number of carbonyl (C=O) groups is 2. The van der Waals surface area contributed by atoms with E-state index in [2.05, 4.69) is 24.1 Å². The van der Waals surface area contributed by atoms with Gasteiger partial charge in [0, 0.05) is 51.5 Å². The van der Waals surface area contributed by atoms with Gasteiger partial charge in [0.2, 0.25) is 11.8 Å². The highest BCUT2D eigenvalue weighted by Gasteiger charge is 2.54. The lowest BCUT2D eigenvalue weighted by molar-refractivity contribution is -0.150. The quantitative estimate of drug-likeness (QED) is 0.624. The summed E-state index contributed by atoms with van der Waals surface area (Å²) in [4.78, 5) is 31.4. The van der Waals surface area contributed by atoms with Gasteiger partial charge in [0.05, 0.1) is 12.7 Å². The van der Waals surface area contributed by atoms with Crippen molar-refractivity contribution in [2.45, 2.75) is 71.6 Å². The lowest BCUT2D eigenvalue weighted by atomic mass is 9.51. The van der Waals surface area contributed by atoms with E-state index in [1.165, 1.54) is 0 Å². The summed E-state index contributed by atoms with van der Waals surface area (Å²) in [7, 11) is 3.41. The second-order valence-corrected chi connectivity index (χ2v) is 10.5. The minimum atomic E-state index is -0.567. The van der Waals surface area contributed by atoms with Gasteiger partial charge >= 0.3 is 0 Å². The summed E-state index contributed by atoms with van der Waals surface area (Å²) in [5.41, 5.74) is 1.03. The number of pyridine rings is 1. The van der Waals surface area contributed by atoms with Crippen molar-refractivity contribution in [3.8, 4) is 0 Å². The molecule has 7 atom stereocenters. The predicted octanol–water partition coefficient (Wildman–Crippen LogP) is 3.02. The Kier molecular flexibility index (Phi) is 8.51. The zero-order valence-corrected chi connectivity index (χ0v) is 20.8. The van der Waals surface area contributed by atoms with Crippen molar-refractivity contribution in [2.24, 2.45) is 29.1 Å². The van der Waals surface area contributed by atoms with Crippen LogP contribution in [-0.4, -0.2) is 59.7 Å². The second kappa shape index (κ2) is 11.0. The number of amides is 2. The monoisotopic (exact) mass is 459 g/mol. The molecule has 2 aliphatic rings. The van der Waals surface area contributed by atoms with E-state index in [0.29, 0.717) is 19.6 Å². The minimum absolute atomic E-state index is 0.000255. The molecule has 1 aromatic heterocycles. The summed E-state index contributed by atoms with van der Waals surface area (Å²) in [6, 6.07) is 3.88. The van der Waals surface area contributed by atoms with Crippen molar-refractivity contribution in [3.63, 3.8) is 0 Å². The van der Waals surface area contributed by atoms with Crippen molar-refractivity contribution in [3.05, 3.63) is 30.1 Å². The number of rotatable bonds is 8. The van der Waals surface area contributed by atoms with Crippen molar-refractivity contribution in [1.29, 1.82) is 0 Å². The molecule has 0 bridgehead atoms. The number of aliphatic hydroxyl groups excluding tert-OH is 1. The van der Waals surface area contributed by atoms with Crippen LogP contribution in [-0.2, 0) is 20.9 Å². The van der Waals surface area contributed by atoms with Crippen LogP contribution in [0.4, 0.5) is 0 Å². The zero-order valence-electron chi connectivity index (χ0n) is 20.8. The highest BCUT2D eigenvalue weighted by atomic mass is 16.5. The molecule has 1 aromatic rings. The van der Waals surface area contributed by atoms with Gasteiger partial charge in [-0.2, -0.15) is 0 Å². The highest BCUT2D eigenvalue weighted by Crippen LogP contribution is 2.55. The Hall–Kier alpha value is -1.99. The Morgan fingerprint density at radius 2 is 2.09 bits per heavy atom. The van der Waals surface area contributed by atoms with E-state index in [9.17, 15) is 14.7 Å². The van der Waals surface area contributed by atoms with Gasteiger partial charge in [0.15, 0.2) is 0 Å². The smallest absolute Gasteiger partial charge is 0.225 e. The first kappa shape index (κ1) is 25.6.